The van der Waals surface area contributed by atoms with Crippen LogP contribution in [0.4, 0.5) is 0 Å². The van der Waals surface area contributed by atoms with Crippen LogP contribution in [0.15, 0.2) is 17.8 Å². The highest BCUT2D eigenvalue weighted by Gasteiger charge is 2.29. The molecule has 6 heteroatoms. The maximum Gasteiger partial charge on any atom is 0.272 e. The molecule has 0 aliphatic carbocycles. The number of aromatic nitrogens is 3. The van der Waals surface area contributed by atoms with Crippen LogP contribution in [0.5, 0.6) is 0 Å². The average molecular weight is 290 g/mol. The van der Waals surface area contributed by atoms with Crippen molar-refractivity contribution in [2.75, 3.05) is 13.1 Å². The third-order valence-corrected chi connectivity index (χ3v) is 4.76. The molecule has 1 amide bonds. The summed E-state index contributed by atoms with van der Waals surface area (Å²) in [6.45, 7) is 3.56. The number of likely N-dealkylation sites (tertiary alicyclic amines) is 1. The average Bonchev–Trinajstić information content (AvgIpc) is 3.14. The number of thiazole rings is 1. The van der Waals surface area contributed by atoms with Gasteiger partial charge < -0.3 is 9.47 Å². The zero-order valence-corrected chi connectivity index (χ0v) is 12.6. The Balaban J connectivity index is 1.65. The van der Waals surface area contributed by atoms with Crippen LogP contribution in [0.1, 0.15) is 27.7 Å². The van der Waals surface area contributed by atoms with Gasteiger partial charge in [-0.05, 0) is 19.3 Å². The molecule has 0 radical (unpaired) electrons. The third-order valence-electron chi connectivity index (χ3n) is 3.96. The summed E-state index contributed by atoms with van der Waals surface area (Å²) in [5.74, 6) is 1.49. The molecule has 0 aromatic carbocycles. The fourth-order valence-electron chi connectivity index (χ4n) is 2.65. The first-order valence-electron chi connectivity index (χ1n) is 6.81. The SMILES string of the molecule is Cc1ncc(C(=O)N2CCC(Cc3nccs3)C2)n1C. The zero-order valence-electron chi connectivity index (χ0n) is 11.7. The van der Waals surface area contributed by atoms with Crippen LogP contribution >= 0.6 is 11.3 Å². The van der Waals surface area contributed by atoms with Crippen molar-refractivity contribution in [2.24, 2.45) is 13.0 Å². The Hall–Kier alpha value is -1.69. The summed E-state index contributed by atoms with van der Waals surface area (Å²) in [5.41, 5.74) is 0.678. The second kappa shape index (κ2) is 5.36. The van der Waals surface area contributed by atoms with Crippen LogP contribution in [0, 0.1) is 12.8 Å². The normalized spacial score (nSPS) is 18.7. The molecule has 3 rings (SSSR count). The zero-order chi connectivity index (χ0) is 14.1. The van der Waals surface area contributed by atoms with Crippen molar-refractivity contribution in [1.29, 1.82) is 0 Å². The van der Waals surface area contributed by atoms with E-state index in [0.717, 1.165) is 31.8 Å². The van der Waals surface area contributed by atoms with Gasteiger partial charge in [0.1, 0.15) is 11.5 Å². The summed E-state index contributed by atoms with van der Waals surface area (Å²) in [5, 5.41) is 3.17. The van der Waals surface area contributed by atoms with Crippen LogP contribution in [-0.4, -0.2) is 38.4 Å². The van der Waals surface area contributed by atoms with E-state index in [4.69, 9.17) is 0 Å². The molecule has 0 saturated carbocycles. The first-order chi connectivity index (χ1) is 9.65. The number of hydrogen-bond acceptors (Lipinski definition) is 4. The van der Waals surface area contributed by atoms with Crippen molar-refractivity contribution in [3.05, 3.63) is 34.3 Å². The molecular weight excluding hydrogens is 272 g/mol. The molecule has 1 saturated heterocycles. The lowest BCUT2D eigenvalue weighted by atomic mass is 10.1. The van der Waals surface area contributed by atoms with Gasteiger partial charge in [-0.1, -0.05) is 0 Å². The lowest BCUT2D eigenvalue weighted by Gasteiger charge is -2.16. The van der Waals surface area contributed by atoms with Gasteiger partial charge in [-0.2, -0.15) is 0 Å². The molecule has 1 unspecified atom stereocenters. The van der Waals surface area contributed by atoms with Crippen molar-refractivity contribution in [3.63, 3.8) is 0 Å². The van der Waals surface area contributed by atoms with Crippen LogP contribution in [0.25, 0.3) is 0 Å². The van der Waals surface area contributed by atoms with Crippen molar-refractivity contribution < 1.29 is 4.79 Å². The summed E-state index contributed by atoms with van der Waals surface area (Å²) in [7, 11) is 1.89. The topological polar surface area (TPSA) is 51.0 Å². The van der Waals surface area contributed by atoms with Crippen molar-refractivity contribution >= 4 is 17.2 Å². The second-order valence-electron chi connectivity index (χ2n) is 5.29. The van der Waals surface area contributed by atoms with Crippen molar-refractivity contribution in [2.45, 2.75) is 19.8 Å². The number of carbonyl (C=O) groups is 1. The van der Waals surface area contributed by atoms with Crippen LogP contribution < -0.4 is 0 Å². The molecule has 20 heavy (non-hydrogen) atoms. The fourth-order valence-corrected chi connectivity index (χ4v) is 3.38. The smallest absolute Gasteiger partial charge is 0.272 e. The van der Waals surface area contributed by atoms with Gasteiger partial charge in [-0.3, -0.25) is 4.79 Å². The first kappa shape index (κ1) is 13.3. The largest absolute Gasteiger partial charge is 0.337 e. The van der Waals surface area contributed by atoms with Crippen LogP contribution in [0.3, 0.4) is 0 Å². The van der Waals surface area contributed by atoms with Crippen molar-refractivity contribution in [1.82, 2.24) is 19.4 Å². The highest BCUT2D eigenvalue weighted by molar-refractivity contribution is 7.09. The molecule has 5 nitrogen and oxygen atoms in total. The van der Waals surface area contributed by atoms with Gasteiger partial charge in [-0.25, -0.2) is 9.97 Å². The highest BCUT2D eigenvalue weighted by atomic mass is 32.1. The summed E-state index contributed by atoms with van der Waals surface area (Å²) < 4.78 is 1.86. The molecule has 2 aromatic heterocycles. The van der Waals surface area contributed by atoms with E-state index in [-0.39, 0.29) is 5.91 Å². The third kappa shape index (κ3) is 2.47. The van der Waals surface area contributed by atoms with Crippen molar-refractivity contribution in [3.8, 4) is 0 Å². The Kier molecular flexibility index (Phi) is 3.56. The Morgan fingerprint density at radius 3 is 3.00 bits per heavy atom. The number of carbonyl (C=O) groups excluding carboxylic acids is 1. The second-order valence-corrected chi connectivity index (χ2v) is 6.26. The molecule has 3 heterocycles. The summed E-state index contributed by atoms with van der Waals surface area (Å²) >= 11 is 1.69. The van der Waals surface area contributed by atoms with Gasteiger partial charge in [0.15, 0.2) is 0 Å². The first-order valence-corrected chi connectivity index (χ1v) is 7.69. The van der Waals surface area contributed by atoms with E-state index in [1.165, 1.54) is 5.01 Å². The van der Waals surface area contributed by atoms with Crippen LogP contribution in [0.2, 0.25) is 0 Å². The van der Waals surface area contributed by atoms with Gasteiger partial charge in [0, 0.05) is 38.1 Å². The van der Waals surface area contributed by atoms with E-state index in [1.54, 1.807) is 17.5 Å². The van der Waals surface area contributed by atoms with E-state index in [0.29, 0.717) is 11.6 Å². The predicted octanol–water partition coefficient (Wildman–Crippen LogP) is 1.89. The maximum atomic E-state index is 12.5. The van der Waals surface area contributed by atoms with E-state index in [1.807, 2.05) is 35.0 Å². The molecule has 1 aliphatic rings. The summed E-state index contributed by atoms with van der Waals surface area (Å²) in [6, 6.07) is 0. The Bertz CT molecular complexity index is 605. The number of aryl methyl sites for hydroxylation is 1. The Morgan fingerprint density at radius 1 is 1.50 bits per heavy atom. The van der Waals surface area contributed by atoms with Gasteiger partial charge in [0.25, 0.3) is 5.91 Å². The monoisotopic (exact) mass is 290 g/mol. The molecule has 1 fully saturated rings. The fraction of sp³-hybridized carbons (Fsp3) is 0.500. The molecule has 2 aromatic rings. The van der Waals surface area contributed by atoms with Gasteiger partial charge in [-0.15, -0.1) is 11.3 Å². The maximum absolute atomic E-state index is 12.5. The lowest BCUT2D eigenvalue weighted by molar-refractivity contribution is 0.0777. The lowest BCUT2D eigenvalue weighted by Crippen LogP contribution is -2.30. The molecule has 1 atom stereocenters. The molecule has 0 spiro atoms. The predicted molar refractivity (Wildman–Crippen MR) is 77.8 cm³/mol. The standard InChI is InChI=1S/C14H18N4OS/c1-10-16-8-12(17(10)2)14(19)18-5-3-11(9-18)7-13-15-4-6-20-13/h4,6,8,11H,3,5,7,9H2,1-2H3. The molecule has 1 aliphatic heterocycles. The molecule has 106 valence electrons. The number of amides is 1. The van der Waals surface area contributed by atoms with E-state index >= 15 is 0 Å². The molecule has 0 N–H and O–H groups in total. The Morgan fingerprint density at radius 2 is 2.35 bits per heavy atom. The quantitative estimate of drug-likeness (QED) is 0.867. The minimum absolute atomic E-state index is 0.0924. The summed E-state index contributed by atoms with van der Waals surface area (Å²) in [6.07, 6.45) is 5.55. The van der Waals surface area contributed by atoms with E-state index in [9.17, 15) is 4.79 Å². The van der Waals surface area contributed by atoms with E-state index < -0.39 is 0 Å². The molecular formula is C14H18N4OS. The number of rotatable bonds is 3. The van der Waals surface area contributed by atoms with Gasteiger partial charge in [0.05, 0.1) is 11.2 Å². The number of nitrogens with zero attached hydrogens (tertiary/aromatic N) is 4. The number of imidazole rings is 1. The van der Waals surface area contributed by atoms with Gasteiger partial charge in [0.2, 0.25) is 0 Å². The van der Waals surface area contributed by atoms with Gasteiger partial charge >= 0.3 is 0 Å². The minimum atomic E-state index is 0.0924. The summed E-state index contributed by atoms with van der Waals surface area (Å²) in [4.78, 5) is 22.9. The number of hydrogen-bond donors (Lipinski definition) is 0. The van der Waals surface area contributed by atoms with E-state index in [2.05, 4.69) is 9.97 Å². The molecule has 0 bridgehead atoms. The minimum Gasteiger partial charge on any atom is -0.337 e. The highest BCUT2D eigenvalue weighted by Crippen LogP contribution is 2.23. The Labute approximate surface area is 122 Å². The van der Waals surface area contributed by atoms with Crippen LogP contribution in [-0.2, 0) is 13.5 Å².